The molecule has 3 N–H and O–H groups in total. The molecule has 1 aromatic heterocycles. The summed E-state index contributed by atoms with van der Waals surface area (Å²) in [6.07, 6.45) is 0. The fraction of sp³-hybridized carbons (Fsp3) is 0.556. The predicted molar refractivity (Wildman–Crippen MR) is 51.5 cm³/mol. The zero-order chi connectivity index (χ0) is 10.0. The molecule has 4 heteroatoms. The number of nitrogens with zero attached hydrogens (tertiary/aromatic N) is 1. The maximum atomic E-state index is 11.2. The van der Waals surface area contributed by atoms with Crippen molar-refractivity contribution in [3.63, 3.8) is 0 Å². The summed E-state index contributed by atoms with van der Waals surface area (Å²) in [6.45, 7) is 5.76. The molecule has 0 aliphatic heterocycles. The van der Waals surface area contributed by atoms with Crippen LogP contribution in [0.3, 0.4) is 0 Å². The Morgan fingerprint density at radius 3 is 2.54 bits per heavy atom. The number of aromatic amines is 1. The minimum absolute atomic E-state index is 0.133. The smallest absolute Gasteiger partial charge is 0.251 e. The Morgan fingerprint density at radius 1 is 1.46 bits per heavy atom. The van der Waals surface area contributed by atoms with Gasteiger partial charge in [-0.05, 0) is 6.92 Å². The van der Waals surface area contributed by atoms with E-state index < -0.39 is 0 Å². The summed E-state index contributed by atoms with van der Waals surface area (Å²) in [5.41, 5.74) is 6.15. The van der Waals surface area contributed by atoms with Gasteiger partial charge in [0.15, 0.2) is 0 Å². The number of nitrogens with two attached hydrogens (primary N) is 1. The summed E-state index contributed by atoms with van der Waals surface area (Å²) in [6, 6.07) is 1.25. The van der Waals surface area contributed by atoms with Crippen LogP contribution in [-0.2, 0) is 0 Å². The van der Waals surface area contributed by atoms with Crippen molar-refractivity contribution in [1.29, 1.82) is 0 Å². The largest absolute Gasteiger partial charge is 0.323 e. The summed E-state index contributed by atoms with van der Waals surface area (Å²) in [7, 11) is 0. The van der Waals surface area contributed by atoms with E-state index >= 15 is 0 Å². The van der Waals surface area contributed by atoms with Crippen LogP contribution in [0.25, 0.3) is 0 Å². The summed E-state index contributed by atoms with van der Waals surface area (Å²) in [5, 5.41) is 0. The highest BCUT2D eigenvalue weighted by Crippen LogP contribution is 2.09. The number of H-pyrrole nitrogens is 1. The van der Waals surface area contributed by atoms with Crippen LogP contribution in [0.15, 0.2) is 10.9 Å². The minimum Gasteiger partial charge on any atom is -0.323 e. The van der Waals surface area contributed by atoms with Gasteiger partial charge in [-0.2, -0.15) is 0 Å². The van der Waals surface area contributed by atoms with Crippen LogP contribution in [0.5, 0.6) is 0 Å². The van der Waals surface area contributed by atoms with E-state index in [0.717, 1.165) is 0 Å². The maximum absolute atomic E-state index is 11.2. The van der Waals surface area contributed by atoms with E-state index in [2.05, 4.69) is 9.97 Å². The molecule has 0 aromatic carbocycles. The first kappa shape index (κ1) is 9.92. The average molecular weight is 181 g/mol. The molecule has 1 aromatic rings. The van der Waals surface area contributed by atoms with Gasteiger partial charge in [0, 0.05) is 18.0 Å². The lowest BCUT2D eigenvalue weighted by atomic mass is 10.2. The molecule has 0 spiro atoms. The molecule has 0 saturated heterocycles. The Labute approximate surface area is 77.2 Å². The third kappa shape index (κ3) is 2.39. The van der Waals surface area contributed by atoms with Gasteiger partial charge in [-0.1, -0.05) is 13.8 Å². The second-order valence-corrected chi connectivity index (χ2v) is 3.50. The van der Waals surface area contributed by atoms with Gasteiger partial charge in [0.25, 0.3) is 5.56 Å². The van der Waals surface area contributed by atoms with Crippen LogP contribution >= 0.6 is 0 Å². The third-order valence-corrected chi connectivity index (χ3v) is 1.79. The molecule has 1 atom stereocenters. The van der Waals surface area contributed by atoms with Crippen molar-refractivity contribution in [3.05, 3.63) is 27.9 Å². The van der Waals surface area contributed by atoms with E-state index in [4.69, 9.17) is 5.73 Å². The quantitative estimate of drug-likeness (QED) is 0.712. The molecule has 13 heavy (non-hydrogen) atoms. The molecule has 1 rings (SSSR count). The van der Waals surface area contributed by atoms with E-state index in [0.29, 0.717) is 11.5 Å². The second-order valence-electron chi connectivity index (χ2n) is 3.50. The van der Waals surface area contributed by atoms with Crippen molar-refractivity contribution < 1.29 is 0 Å². The van der Waals surface area contributed by atoms with Gasteiger partial charge in [-0.25, -0.2) is 4.98 Å². The molecule has 0 aliphatic rings. The fourth-order valence-electron chi connectivity index (χ4n) is 1.00. The molecule has 72 valence electrons. The number of rotatable bonds is 2. The monoisotopic (exact) mass is 181 g/mol. The molecule has 0 radical (unpaired) electrons. The van der Waals surface area contributed by atoms with Crippen molar-refractivity contribution in [3.8, 4) is 0 Å². The fourth-order valence-corrected chi connectivity index (χ4v) is 1.00. The van der Waals surface area contributed by atoms with Crippen LogP contribution in [-0.4, -0.2) is 9.97 Å². The number of aromatic nitrogens is 2. The van der Waals surface area contributed by atoms with Gasteiger partial charge < -0.3 is 10.7 Å². The standard InChI is InChI=1S/C9H15N3O/c1-5(2)9-11-7(6(3)10)4-8(13)12-9/h4-6H,10H2,1-3H3,(H,11,12,13)/t6-/m0/s1. The zero-order valence-electron chi connectivity index (χ0n) is 8.16. The third-order valence-electron chi connectivity index (χ3n) is 1.79. The van der Waals surface area contributed by atoms with E-state index in [1.54, 1.807) is 0 Å². The van der Waals surface area contributed by atoms with E-state index in [-0.39, 0.29) is 17.5 Å². The van der Waals surface area contributed by atoms with Gasteiger partial charge in [0.2, 0.25) is 0 Å². The normalized spacial score (nSPS) is 13.3. The highest BCUT2D eigenvalue weighted by atomic mass is 16.1. The van der Waals surface area contributed by atoms with Crippen LogP contribution < -0.4 is 11.3 Å². The van der Waals surface area contributed by atoms with Gasteiger partial charge in [0.05, 0.1) is 5.69 Å². The Hall–Kier alpha value is -1.16. The van der Waals surface area contributed by atoms with Crippen molar-refractivity contribution in [2.24, 2.45) is 5.73 Å². The SMILES string of the molecule is CC(C)c1nc([C@H](C)N)cc(=O)[nH]1. The Bertz CT molecular complexity index is 312. The molecule has 1 heterocycles. The maximum Gasteiger partial charge on any atom is 0.251 e. The van der Waals surface area contributed by atoms with Crippen molar-refractivity contribution in [1.82, 2.24) is 9.97 Å². The van der Waals surface area contributed by atoms with Crippen molar-refractivity contribution in [2.75, 3.05) is 0 Å². The molecule has 0 bridgehead atoms. The predicted octanol–water partition coefficient (Wildman–Crippen LogP) is 0.913. The van der Waals surface area contributed by atoms with Crippen LogP contribution in [0.2, 0.25) is 0 Å². The van der Waals surface area contributed by atoms with E-state index in [9.17, 15) is 4.79 Å². The highest BCUT2D eigenvalue weighted by Gasteiger charge is 2.07. The Kier molecular flexibility index (Phi) is 2.83. The van der Waals surface area contributed by atoms with Crippen LogP contribution in [0, 0.1) is 0 Å². The van der Waals surface area contributed by atoms with Crippen molar-refractivity contribution in [2.45, 2.75) is 32.7 Å². The first-order chi connectivity index (χ1) is 6.00. The van der Waals surface area contributed by atoms with Gasteiger partial charge in [0.1, 0.15) is 5.82 Å². The molecule has 0 saturated carbocycles. The Morgan fingerprint density at radius 2 is 2.08 bits per heavy atom. The second kappa shape index (κ2) is 3.70. The van der Waals surface area contributed by atoms with E-state index in [1.807, 2.05) is 20.8 Å². The zero-order valence-corrected chi connectivity index (χ0v) is 8.16. The molecular formula is C9H15N3O. The van der Waals surface area contributed by atoms with Crippen LogP contribution in [0.1, 0.15) is 44.2 Å². The topological polar surface area (TPSA) is 71.8 Å². The summed E-state index contributed by atoms with van der Waals surface area (Å²) in [5.74, 6) is 0.909. The minimum atomic E-state index is -0.195. The summed E-state index contributed by atoms with van der Waals surface area (Å²) >= 11 is 0. The van der Waals surface area contributed by atoms with Gasteiger partial charge in [-0.15, -0.1) is 0 Å². The molecule has 4 nitrogen and oxygen atoms in total. The lowest BCUT2D eigenvalue weighted by Gasteiger charge is -2.08. The number of nitrogens with one attached hydrogen (secondary N) is 1. The van der Waals surface area contributed by atoms with Gasteiger partial charge >= 0.3 is 0 Å². The van der Waals surface area contributed by atoms with Gasteiger partial charge in [-0.3, -0.25) is 4.79 Å². The lowest BCUT2D eigenvalue weighted by molar-refractivity contribution is 0.708. The summed E-state index contributed by atoms with van der Waals surface area (Å²) in [4.78, 5) is 18.1. The highest BCUT2D eigenvalue weighted by molar-refractivity contribution is 5.07. The Balaban J connectivity index is 3.19. The summed E-state index contributed by atoms with van der Waals surface area (Å²) < 4.78 is 0. The van der Waals surface area contributed by atoms with Crippen molar-refractivity contribution >= 4 is 0 Å². The average Bonchev–Trinajstić information content (AvgIpc) is 2.03. The number of hydrogen-bond acceptors (Lipinski definition) is 3. The van der Waals surface area contributed by atoms with E-state index in [1.165, 1.54) is 6.07 Å². The molecule has 0 fully saturated rings. The number of hydrogen-bond donors (Lipinski definition) is 2. The first-order valence-corrected chi connectivity index (χ1v) is 4.37. The molecule has 0 unspecified atom stereocenters. The lowest BCUT2D eigenvalue weighted by Crippen LogP contribution is -2.17. The molecule has 0 amide bonds. The molecular weight excluding hydrogens is 166 g/mol. The first-order valence-electron chi connectivity index (χ1n) is 4.37. The van der Waals surface area contributed by atoms with Crippen LogP contribution in [0.4, 0.5) is 0 Å². The molecule has 0 aliphatic carbocycles.